The lowest BCUT2D eigenvalue weighted by Crippen LogP contribution is -2.36. The van der Waals surface area contributed by atoms with Crippen LogP contribution >= 0.6 is 0 Å². The smallest absolute Gasteiger partial charge is 0.223 e. The Balaban J connectivity index is 2.30. The Morgan fingerprint density at radius 2 is 2.15 bits per heavy atom. The highest BCUT2D eigenvalue weighted by molar-refractivity contribution is 5.78. The number of rotatable bonds is 9. The first-order valence-corrected chi connectivity index (χ1v) is 8.68. The number of unbranched alkanes of at least 4 members (excludes halogenated alkanes) is 1. The molecule has 1 aliphatic rings. The molecule has 3 unspecified atom stereocenters. The van der Waals surface area contributed by atoms with E-state index in [1.807, 2.05) is 0 Å². The van der Waals surface area contributed by atoms with Crippen LogP contribution in [-0.2, 0) is 4.79 Å². The van der Waals surface area contributed by atoms with E-state index < -0.39 is 0 Å². The SMILES string of the molecule is CCCCC(CC)CNC(=O)C1CCCC(CCN)C1. The molecule has 0 bridgehead atoms. The molecule has 118 valence electrons. The summed E-state index contributed by atoms with van der Waals surface area (Å²) in [6.45, 7) is 6.08. The first-order valence-electron chi connectivity index (χ1n) is 8.68. The third-order valence-corrected chi connectivity index (χ3v) is 4.84. The maximum absolute atomic E-state index is 12.3. The average Bonchev–Trinajstić information content (AvgIpc) is 2.48. The van der Waals surface area contributed by atoms with Gasteiger partial charge in [0.1, 0.15) is 0 Å². The predicted molar refractivity (Wildman–Crippen MR) is 85.4 cm³/mol. The van der Waals surface area contributed by atoms with E-state index in [0.29, 0.717) is 17.7 Å². The molecule has 1 saturated carbocycles. The number of hydrogen-bond donors (Lipinski definition) is 2. The van der Waals surface area contributed by atoms with Crippen molar-refractivity contribution in [3.05, 3.63) is 0 Å². The molecule has 0 heterocycles. The molecule has 20 heavy (non-hydrogen) atoms. The van der Waals surface area contributed by atoms with Crippen LogP contribution in [-0.4, -0.2) is 19.0 Å². The number of carbonyl (C=O) groups excluding carboxylic acids is 1. The Hall–Kier alpha value is -0.570. The van der Waals surface area contributed by atoms with Crippen LogP contribution < -0.4 is 11.1 Å². The molecule has 0 spiro atoms. The molecule has 0 aromatic rings. The zero-order valence-electron chi connectivity index (χ0n) is 13.5. The summed E-state index contributed by atoms with van der Waals surface area (Å²) in [5, 5.41) is 3.20. The van der Waals surface area contributed by atoms with E-state index in [2.05, 4.69) is 19.2 Å². The molecule has 1 aliphatic carbocycles. The van der Waals surface area contributed by atoms with Crippen molar-refractivity contribution in [3.63, 3.8) is 0 Å². The molecule has 3 nitrogen and oxygen atoms in total. The lowest BCUT2D eigenvalue weighted by Gasteiger charge is -2.28. The minimum absolute atomic E-state index is 0.240. The zero-order chi connectivity index (χ0) is 14.8. The number of carbonyl (C=O) groups is 1. The van der Waals surface area contributed by atoms with Crippen LogP contribution in [0.15, 0.2) is 0 Å². The van der Waals surface area contributed by atoms with Crippen LogP contribution in [0.25, 0.3) is 0 Å². The van der Waals surface area contributed by atoms with Crippen molar-refractivity contribution in [1.29, 1.82) is 0 Å². The molecule has 0 saturated heterocycles. The van der Waals surface area contributed by atoms with Crippen LogP contribution in [0.5, 0.6) is 0 Å². The lowest BCUT2D eigenvalue weighted by atomic mass is 9.79. The molecule has 0 aromatic heterocycles. The van der Waals surface area contributed by atoms with Crippen LogP contribution in [0.3, 0.4) is 0 Å². The predicted octanol–water partition coefficient (Wildman–Crippen LogP) is 3.47. The first kappa shape index (κ1) is 17.5. The van der Waals surface area contributed by atoms with Crippen molar-refractivity contribution in [2.45, 2.75) is 71.6 Å². The fraction of sp³-hybridized carbons (Fsp3) is 0.941. The highest BCUT2D eigenvalue weighted by Gasteiger charge is 2.26. The normalized spacial score (nSPS) is 24.4. The molecule has 1 amide bonds. The number of nitrogens with two attached hydrogens (primary N) is 1. The van der Waals surface area contributed by atoms with E-state index in [9.17, 15) is 4.79 Å². The van der Waals surface area contributed by atoms with Gasteiger partial charge in [-0.15, -0.1) is 0 Å². The van der Waals surface area contributed by atoms with Crippen molar-refractivity contribution >= 4 is 5.91 Å². The van der Waals surface area contributed by atoms with Gasteiger partial charge >= 0.3 is 0 Å². The summed E-state index contributed by atoms with van der Waals surface area (Å²) in [7, 11) is 0. The van der Waals surface area contributed by atoms with E-state index in [0.717, 1.165) is 32.4 Å². The van der Waals surface area contributed by atoms with Crippen molar-refractivity contribution in [1.82, 2.24) is 5.32 Å². The fourth-order valence-electron chi connectivity index (χ4n) is 3.36. The summed E-state index contributed by atoms with van der Waals surface area (Å²) in [6, 6.07) is 0. The van der Waals surface area contributed by atoms with Crippen molar-refractivity contribution in [3.8, 4) is 0 Å². The number of amides is 1. The van der Waals surface area contributed by atoms with Gasteiger partial charge in [0, 0.05) is 12.5 Å². The van der Waals surface area contributed by atoms with Gasteiger partial charge in [0.05, 0.1) is 0 Å². The van der Waals surface area contributed by atoms with Gasteiger partial charge in [-0.3, -0.25) is 4.79 Å². The summed E-state index contributed by atoms with van der Waals surface area (Å²) >= 11 is 0. The lowest BCUT2D eigenvalue weighted by molar-refractivity contribution is -0.126. The van der Waals surface area contributed by atoms with Gasteiger partial charge in [-0.25, -0.2) is 0 Å². The fourth-order valence-corrected chi connectivity index (χ4v) is 3.36. The summed E-state index contributed by atoms with van der Waals surface area (Å²) in [5.74, 6) is 1.86. The summed E-state index contributed by atoms with van der Waals surface area (Å²) < 4.78 is 0. The Labute approximate surface area is 125 Å². The molecule has 3 N–H and O–H groups in total. The highest BCUT2D eigenvalue weighted by Crippen LogP contribution is 2.31. The summed E-state index contributed by atoms with van der Waals surface area (Å²) in [5.41, 5.74) is 5.64. The standard InChI is InChI=1S/C17H34N2O/c1-3-5-7-14(4-2)13-19-17(20)16-9-6-8-15(12-16)10-11-18/h14-16H,3-13,18H2,1-2H3,(H,19,20). The summed E-state index contributed by atoms with van der Waals surface area (Å²) in [6.07, 6.45) is 10.6. The molecule has 0 radical (unpaired) electrons. The minimum Gasteiger partial charge on any atom is -0.356 e. The largest absolute Gasteiger partial charge is 0.356 e. The van der Waals surface area contributed by atoms with Gasteiger partial charge in [0.15, 0.2) is 0 Å². The molecule has 3 heteroatoms. The van der Waals surface area contributed by atoms with Crippen LogP contribution in [0.1, 0.15) is 71.6 Å². The monoisotopic (exact) mass is 282 g/mol. The molecule has 0 aromatic carbocycles. The summed E-state index contributed by atoms with van der Waals surface area (Å²) in [4.78, 5) is 12.3. The zero-order valence-corrected chi connectivity index (χ0v) is 13.5. The number of nitrogens with one attached hydrogen (secondary N) is 1. The minimum atomic E-state index is 0.240. The molecule has 1 rings (SSSR count). The highest BCUT2D eigenvalue weighted by atomic mass is 16.1. The van der Waals surface area contributed by atoms with E-state index in [-0.39, 0.29) is 5.92 Å². The molecular formula is C17H34N2O. The van der Waals surface area contributed by atoms with Crippen LogP contribution in [0, 0.1) is 17.8 Å². The van der Waals surface area contributed by atoms with Gasteiger partial charge in [-0.05, 0) is 44.1 Å². The topological polar surface area (TPSA) is 55.1 Å². The second-order valence-electron chi connectivity index (χ2n) is 6.47. The number of hydrogen-bond acceptors (Lipinski definition) is 2. The molecule has 3 atom stereocenters. The van der Waals surface area contributed by atoms with Crippen molar-refractivity contribution in [2.75, 3.05) is 13.1 Å². The molecule has 1 fully saturated rings. The Bertz CT molecular complexity index is 266. The molecular weight excluding hydrogens is 248 g/mol. The average molecular weight is 282 g/mol. The van der Waals surface area contributed by atoms with Crippen LogP contribution in [0.2, 0.25) is 0 Å². The maximum atomic E-state index is 12.3. The second-order valence-corrected chi connectivity index (χ2v) is 6.47. The second kappa shape index (κ2) is 10.2. The van der Waals surface area contributed by atoms with E-state index >= 15 is 0 Å². The third kappa shape index (κ3) is 6.25. The Morgan fingerprint density at radius 3 is 2.80 bits per heavy atom. The Morgan fingerprint density at radius 1 is 1.35 bits per heavy atom. The molecule has 0 aliphatic heterocycles. The van der Waals surface area contributed by atoms with Gasteiger partial charge in [0.25, 0.3) is 0 Å². The van der Waals surface area contributed by atoms with Crippen LogP contribution in [0.4, 0.5) is 0 Å². The Kier molecular flexibility index (Phi) is 8.92. The van der Waals surface area contributed by atoms with Gasteiger partial charge in [0.2, 0.25) is 5.91 Å². The maximum Gasteiger partial charge on any atom is 0.223 e. The van der Waals surface area contributed by atoms with Gasteiger partial charge in [-0.1, -0.05) is 46.0 Å². The van der Waals surface area contributed by atoms with Crippen molar-refractivity contribution in [2.24, 2.45) is 23.5 Å². The van der Waals surface area contributed by atoms with E-state index in [4.69, 9.17) is 5.73 Å². The van der Waals surface area contributed by atoms with Gasteiger partial charge in [-0.2, -0.15) is 0 Å². The quantitative estimate of drug-likeness (QED) is 0.680. The van der Waals surface area contributed by atoms with Crippen molar-refractivity contribution < 1.29 is 4.79 Å². The van der Waals surface area contributed by atoms with E-state index in [1.54, 1.807) is 0 Å². The van der Waals surface area contributed by atoms with Gasteiger partial charge < -0.3 is 11.1 Å². The third-order valence-electron chi connectivity index (χ3n) is 4.84. The first-order chi connectivity index (χ1) is 9.71. The van der Waals surface area contributed by atoms with E-state index in [1.165, 1.54) is 38.5 Å².